The summed E-state index contributed by atoms with van der Waals surface area (Å²) in [5, 5.41) is 4.95. The second-order valence-electron chi connectivity index (χ2n) is 7.94. The van der Waals surface area contributed by atoms with E-state index in [0.717, 1.165) is 22.3 Å². The fraction of sp³-hybridized carbons (Fsp3) is 0.222. The van der Waals surface area contributed by atoms with Crippen LogP contribution in [0.5, 0.6) is 0 Å². The summed E-state index contributed by atoms with van der Waals surface area (Å²) in [4.78, 5) is 35.7. The van der Waals surface area contributed by atoms with Crippen molar-refractivity contribution in [2.24, 2.45) is 0 Å². The number of carbonyl (C=O) groups is 3. The van der Waals surface area contributed by atoms with E-state index in [2.05, 4.69) is 22.8 Å². The van der Waals surface area contributed by atoms with Crippen LogP contribution in [0.15, 0.2) is 78.9 Å². The molecular weight excluding hydrogens is 448 g/mol. The van der Waals surface area contributed by atoms with E-state index in [1.807, 2.05) is 42.5 Å². The van der Waals surface area contributed by atoms with Crippen LogP contribution in [0.4, 0.5) is 4.79 Å². The summed E-state index contributed by atoms with van der Waals surface area (Å²) in [5.41, 5.74) is 5.13. The minimum Gasteiger partial charge on any atom is -0.449 e. The molecule has 3 aromatic rings. The third-order valence-electron chi connectivity index (χ3n) is 5.59. The Morgan fingerprint density at radius 3 is 2.06 bits per heavy atom. The number of fused-ring (bicyclic) bond motifs is 3. The molecule has 0 aliphatic heterocycles. The van der Waals surface area contributed by atoms with Crippen molar-refractivity contribution in [1.29, 1.82) is 0 Å². The Labute approximate surface area is 203 Å². The molecule has 0 bridgehead atoms. The largest absolute Gasteiger partial charge is 0.449 e. The molecular formula is C27H26N2O6. The predicted octanol–water partition coefficient (Wildman–Crippen LogP) is 3.88. The molecule has 1 aliphatic rings. The molecule has 4 rings (SSSR count). The molecule has 1 aliphatic carbocycles. The van der Waals surface area contributed by atoms with Crippen molar-refractivity contribution in [3.63, 3.8) is 0 Å². The molecule has 180 valence electrons. The van der Waals surface area contributed by atoms with Crippen LogP contribution in [0.25, 0.3) is 11.1 Å². The van der Waals surface area contributed by atoms with Crippen molar-refractivity contribution >= 4 is 18.0 Å². The van der Waals surface area contributed by atoms with Crippen LogP contribution in [0.3, 0.4) is 0 Å². The van der Waals surface area contributed by atoms with Gasteiger partial charge >= 0.3 is 12.1 Å². The normalized spacial score (nSPS) is 12.7. The lowest BCUT2D eigenvalue weighted by molar-refractivity contribution is -0.180. The average Bonchev–Trinajstić information content (AvgIpc) is 3.19. The van der Waals surface area contributed by atoms with Crippen molar-refractivity contribution in [1.82, 2.24) is 10.6 Å². The Kier molecular flexibility index (Phi) is 7.74. The zero-order valence-electron chi connectivity index (χ0n) is 19.2. The van der Waals surface area contributed by atoms with Gasteiger partial charge in [-0.25, -0.2) is 4.79 Å². The van der Waals surface area contributed by atoms with Gasteiger partial charge in [-0.05, 0) is 22.3 Å². The number of amides is 2. The van der Waals surface area contributed by atoms with E-state index in [1.54, 1.807) is 24.3 Å². The average molecular weight is 475 g/mol. The standard InChI is InChI=1S/C27H26N2O6/c1-18(30)35-26(19-9-3-2-4-10-19)34-17-29-25(31)15-28-27(32)33-16-24-22-13-7-5-11-20(22)21-12-6-8-14-23(21)24/h2-14,24,26H,15-17H2,1H3,(H,28,32)(H,29,31). The number of rotatable bonds is 9. The number of hydrogen-bond acceptors (Lipinski definition) is 6. The summed E-state index contributed by atoms with van der Waals surface area (Å²) in [6.45, 7) is 0.934. The van der Waals surface area contributed by atoms with Gasteiger partial charge in [-0.2, -0.15) is 0 Å². The second-order valence-corrected chi connectivity index (χ2v) is 7.94. The number of hydrogen-bond donors (Lipinski definition) is 2. The maximum Gasteiger partial charge on any atom is 0.407 e. The SMILES string of the molecule is CC(=O)OC(OCNC(=O)CNC(=O)OCC1c2ccccc2-c2ccccc21)c1ccccc1. The summed E-state index contributed by atoms with van der Waals surface area (Å²) in [6, 6.07) is 25.0. The first kappa shape index (κ1) is 24.0. The Hall–Kier alpha value is -4.17. The van der Waals surface area contributed by atoms with Gasteiger partial charge in [0.2, 0.25) is 12.2 Å². The first-order valence-corrected chi connectivity index (χ1v) is 11.2. The number of benzene rings is 3. The highest BCUT2D eigenvalue weighted by atomic mass is 16.7. The number of nitrogens with one attached hydrogen (secondary N) is 2. The van der Waals surface area contributed by atoms with E-state index in [4.69, 9.17) is 14.2 Å². The molecule has 0 aromatic heterocycles. The van der Waals surface area contributed by atoms with Gasteiger partial charge in [-0.1, -0.05) is 78.9 Å². The van der Waals surface area contributed by atoms with Gasteiger partial charge in [0.25, 0.3) is 0 Å². The molecule has 2 amide bonds. The van der Waals surface area contributed by atoms with Crippen LogP contribution in [0.2, 0.25) is 0 Å². The molecule has 0 heterocycles. The maximum atomic E-state index is 12.2. The van der Waals surface area contributed by atoms with Crippen molar-refractivity contribution in [3.8, 4) is 11.1 Å². The van der Waals surface area contributed by atoms with Gasteiger partial charge in [0.1, 0.15) is 19.9 Å². The van der Waals surface area contributed by atoms with E-state index in [0.29, 0.717) is 5.56 Å². The molecule has 1 atom stereocenters. The van der Waals surface area contributed by atoms with Crippen molar-refractivity contribution in [2.45, 2.75) is 19.1 Å². The molecule has 8 nitrogen and oxygen atoms in total. The lowest BCUT2D eigenvalue weighted by Gasteiger charge is -2.18. The molecule has 3 aromatic carbocycles. The van der Waals surface area contributed by atoms with E-state index >= 15 is 0 Å². The molecule has 2 N–H and O–H groups in total. The topological polar surface area (TPSA) is 103 Å². The minimum atomic E-state index is -0.955. The maximum absolute atomic E-state index is 12.2. The monoisotopic (exact) mass is 474 g/mol. The van der Waals surface area contributed by atoms with E-state index < -0.39 is 24.3 Å². The van der Waals surface area contributed by atoms with Crippen LogP contribution in [-0.4, -0.2) is 37.9 Å². The van der Waals surface area contributed by atoms with Gasteiger partial charge in [-0.15, -0.1) is 0 Å². The summed E-state index contributed by atoms with van der Waals surface area (Å²) in [7, 11) is 0. The lowest BCUT2D eigenvalue weighted by Crippen LogP contribution is -2.38. The fourth-order valence-corrected chi connectivity index (χ4v) is 4.02. The van der Waals surface area contributed by atoms with E-state index in [9.17, 15) is 14.4 Å². The zero-order valence-corrected chi connectivity index (χ0v) is 19.2. The Balaban J connectivity index is 1.22. The smallest absolute Gasteiger partial charge is 0.407 e. The molecule has 1 unspecified atom stereocenters. The first-order valence-electron chi connectivity index (χ1n) is 11.2. The van der Waals surface area contributed by atoms with E-state index in [-0.39, 0.29) is 25.8 Å². The Morgan fingerprint density at radius 1 is 0.829 bits per heavy atom. The lowest BCUT2D eigenvalue weighted by atomic mass is 9.98. The molecule has 0 saturated heterocycles. The number of carbonyl (C=O) groups excluding carboxylic acids is 3. The van der Waals surface area contributed by atoms with Gasteiger partial charge < -0.3 is 24.8 Å². The van der Waals surface area contributed by atoms with Crippen LogP contribution >= 0.6 is 0 Å². The van der Waals surface area contributed by atoms with Gasteiger partial charge in [-0.3, -0.25) is 9.59 Å². The molecule has 0 saturated carbocycles. The third-order valence-corrected chi connectivity index (χ3v) is 5.59. The highest BCUT2D eigenvalue weighted by Gasteiger charge is 2.29. The van der Waals surface area contributed by atoms with Crippen LogP contribution in [0, 0.1) is 0 Å². The van der Waals surface area contributed by atoms with Gasteiger partial charge in [0.05, 0.1) is 0 Å². The van der Waals surface area contributed by atoms with Crippen LogP contribution in [-0.2, 0) is 23.8 Å². The molecule has 0 fully saturated rings. The highest BCUT2D eigenvalue weighted by molar-refractivity contribution is 5.82. The summed E-state index contributed by atoms with van der Waals surface area (Å²) >= 11 is 0. The second kappa shape index (κ2) is 11.3. The Bertz CT molecular complexity index is 1150. The number of esters is 1. The summed E-state index contributed by atoms with van der Waals surface area (Å²) in [5.74, 6) is -1.05. The molecule has 0 radical (unpaired) electrons. The highest BCUT2D eigenvalue weighted by Crippen LogP contribution is 2.44. The van der Waals surface area contributed by atoms with Crippen molar-refractivity contribution in [3.05, 3.63) is 95.6 Å². The van der Waals surface area contributed by atoms with Gasteiger partial charge in [0, 0.05) is 18.4 Å². The Morgan fingerprint density at radius 2 is 1.43 bits per heavy atom. The summed E-state index contributed by atoms with van der Waals surface area (Å²) in [6.07, 6.45) is -1.64. The van der Waals surface area contributed by atoms with Crippen LogP contribution < -0.4 is 10.6 Å². The number of alkyl carbamates (subject to hydrolysis) is 1. The number of ether oxygens (including phenoxy) is 3. The van der Waals surface area contributed by atoms with Crippen molar-refractivity contribution < 1.29 is 28.6 Å². The van der Waals surface area contributed by atoms with Gasteiger partial charge in [0.15, 0.2) is 0 Å². The minimum absolute atomic E-state index is 0.0634. The quantitative estimate of drug-likeness (QED) is 0.360. The zero-order chi connectivity index (χ0) is 24.6. The predicted molar refractivity (Wildman–Crippen MR) is 128 cm³/mol. The summed E-state index contributed by atoms with van der Waals surface area (Å²) < 4.78 is 16.0. The third kappa shape index (κ3) is 6.04. The van der Waals surface area contributed by atoms with Crippen LogP contribution in [0.1, 0.15) is 35.8 Å². The molecule has 0 spiro atoms. The van der Waals surface area contributed by atoms with E-state index in [1.165, 1.54) is 6.92 Å². The van der Waals surface area contributed by atoms with Crippen molar-refractivity contribution in [2.75, 3.05) is 19.9 Å². The molecule has 8 heteroatoms. The fourth-order valence-electron chi connectivity index (χ4n) is 4.02. The first-order chi connectivity index (χ1) is 17.0. The molecule has 35 heavy (non-hydrogen) atoms.